The van der Waals surface area contributed by atoms with Crippen LogP contribution in [0.1, 0.15) is 55.7 Å². The van der Waals surface area contributed by atoms with Crippen molar-refractivity contribution in [3.05, 3.63) is 89.7 Å². The van der Waals surface area contributed by atoms with Crippen LogP contribution in [-0.4, -0.2) is 50.5 Å². The number of nitrogens with zero attached hydrogens (tertiary/aromatic N) is 5. The fraction of sp³-hybridized carbons (Fsp3) is 0.303. The molecule has 3 aromatic carbocycles. The van der Waals surface area contributed by atoms with Gasteiger partial charge < -0.3 is 10.1 Å². The zero-order valence-electron chi connectivity index (χ0n) is 25.7. The molecule has 0 saturated carbocycles. The zero-order valence-corrected chi connectivity index (χ0v) is 26.5. The van der Waals surface area contributed by atoms with Crippen molar-refractivity contribution >= 4 is 34.6 Å². The van der Waals surface area contributed by atoms with Crippen molar-refractivity contribution in [2.24, 2.45) is 4.99 Å². The molecule has 1 N–H and O–H groups in total. The van der Waals surface area contributed by atoms with Crippen molar-refractivity contribution in [1.82, 2.24) is 20.1 Å². The first-order chi connectivity index (χ1) is 21.9. The van der Waals surface area contributed by atoms with Crippen LogP contribution in [0.25, 0.3) is 17.1 Å². The molecule has 0 spiro atoms. The molecule has 1 aliphatic heterocycles. The summed E-state index contributed by atoms with van der Waals surface area (Å²) in [7, 11) is 0. The van der Waals surface area contributed by atoms with E-state index in [4.69, 9.17) is 0 Å². The van der Waals surface area contributed by atoms with Gasteiger partial charge in [-0.3, -0.25) is 9.69 Å². The Labute approximate surface area is 268 Å². The fourth-order valence-electron chi connectivity index (χ4n) is 5.08. The Morgan fingerprint density at radius 2 is 1.80 bits per heavy atom. The highest BCUT2D eigenvalue weighted by Gasteiger charge is 2.33. The number of aryl methyl sites for hydroxylation is 1. The SMILES string of the molecule is CCC(CNC(=O)/N=C1\SCC(=O)N1c1cc(C)ccc1C(C)C)c1ccc(-c2ncn(-c3ccc(OC(F)(F)F)cc3)n2)cc1. The van der Waals surface area contributed by atoms with E-state index in [0.717, 1.165) is 34.4 Å². The summed E-state index contributed by atoms with van der Waals surface area (Å²) < 4.78 is 42.7. The Morgan fingerprint density at radius 3 is 2.46 bits per heavy atom. The molecule has 1 aromatic heterocycles. The summed E-state index contributed by atoms with van der Waals surface area (Å²) >= 11 is 1.25. The lowest BCUT2D eigenvalue weighted by atomic mass is 9.95. The Bertz CT molecular complexity index is 1740. The lowest BCUT2D eigenvalue weighted by Gasteiger charge is -2.22. The van der Waals surface area contributed by atoms with Gasteiger partial charge in [-0.1, -0.05) is 68.9 Å². The van der Waals surface area contributed by atoms with Gasteiger partial charge in [-0.15, -0.1) is 18.3 Å². The van der Waals surface area contributed by atoms with Crippen LogP contribution in [0.15, 0.2) is 78.0 Å². The van der Waals surface area contributed by atoms with Gasteiger partial charge in [-0.2, -0.15) is 4.99 Å². The van der Waals surface area contributed by atoms with E-state index in [2.05, 4.69) is 39.0 Å². The van der Waals surface area contributed by atoms with E-state index in [9.17, 15) is 22.8 Å². The molecule has 4 aromatic rings. The van der Waals surface area contributed by atoms with E-state index < -0.39 is 12.4 Å². The first-order valence-corrected chi connectivity index (χ1v) is 15.7. The van der Waals surface area contributed by atoms with Crippen LogP contribution in [0.5, 0.6) is 5.75 Å². The van der Waals surface area contributed by atoms with Gasteiger partial charge >= 0.3 is 12.4 Å². The van der Waals surface area contributed by atoms with Crippen molar-refractivity contribution in [2.75, 3.05) is 17.2 Å². The number of ether oxygens (including phenoxy) is 1. The highest BCUT2D eigenvalue weighted by molar-refractivity contribution is 8.15. The molecule has 240 valence electrons. The number of amides is 3. The summed E-state index contributed by atoms with van der Waals surface area (Å²) in [5.74, 6) is 0.440. The van der Waals surface area contributed by atoms with Crippen LogP contribution in [0, 0.1) is 6.92 Å². The molecule has 1 fully saturated rings. The van der Waals surface area contributed by atoms with Gasteiger partial charge in [0.15, 0.2) is 11.0 Å². The third kappa shape index (κ3) is 7.76. The number of aromatic nitrogens is 3. The summed E-state index contributed by atoms with van der Waals surface area (Å²) in [4.78, 5) is 35.9. The molecule has 1 unspecified atom stereocenters. The number of anilines is 1. The van der Waals surface area contributed by atoms with Gasteiger partial charge in [0.2, 0.25) is 5.91 Å². The van der Waals surface area contributed by atoms with Crippen LogP contribution in [-0.2, 0) is 4.79 Å². The lowest BCUT2D eigenvalue weighted by Crippen LogP contribution is -2.33. The van der Waals surface area contributed by atoms with Crippen molar-refractivity contribution < 1.29 is 27.5 Å². The van der Waals surface area contributed by atoms with E-state index in [1.807, 2.05) is 56.3 Å². The number of thioether (sulfide) groups is 1. The van der Waals surface area contributed by atoms with E-state index in [1.165, 1.54) is 47.0 Å². The minimum Gasteiger partial charge on any atom is -0.406 e. The maximum Gasteiger partial charge on any atom is 0.573 e. The van der Waals surface area contributed by atoms with Crippen LogP contribution in [0.3, 0.4) is 0 Å². The van der Waals surface area contributed by atoms with E-state index >= 15 is 0 Å². The number of aliphatic imine (C=N–C) groups is 1. The molecule has 5 rings (SSSR count). The predicted molar refractivity (Wildman–Crippen MR) is 173 cm³/mol. The van der Waals surface area contributed by atoms with Gasteiger partial charge in [-0.25, -0.2) is 14.5 Å². The number of carbonyl (C=O) groups excluding carboxylic acids is 2. The number of benzene rings is 3. The molecule has 0 radical (unpaired) electrons. The van der Waals surface area contributed by atoms with Crippen molar-refractivity contribution in [2.45, 2.75) is 52.3 Å². The Balaban J connectivity index is 1.23. The Kier molecular flexibility index (Phi) is 9.80. The minimum absolute atomic E-state index is 0.0134. The number of nitrogens with one attached hydrogen (secondary N) is 1. The smallest absolute Gasteiger partial charge is 0.406 e. The molecule has 0 bridgehead atoms. The number of alkyl halides is 3. The van der Waals surface area contributed by atoms with E-state index in [1.54, 1.807) is 4.90 Å². The summed E-state index contributed by atoms with van der Waals surface area (Å²) in [6.45, 7) is 8.48. The van der Waals surface area contributed by atoms with Gasteiger partial charge in [-0.05, 0) is 66.3 Å². The predicted octanol–water partition coefficient (Wildman–Crippen LogP) is 7.60. The molecule has 9 nitrogen and oxygen atoms in total. The monoisotopic (exact) mass is 650 g/mol. The average Bonchev–Trinajstić information content (AvgIpc) is 3.64. The maximum atomic E-state index is 12.9. The number of hydrogen-bond donors (Lipinski definition) is 1. The third-order valence-corrected chi connectivity index (χ3v) is 8.39. The number of carbonyl (C=O) groups is 2. The Hall–Kier alpha value is -4.65. The molecule has 2 heterocycles. The first-order valence-electron chi connectivity index (χ1n) is 14.7. The highest BCUT2D eigenvalue weighted by Crippen LogP contribution is 2.34. The second-order valence-electron chi connectivity index (χ2n) is 11.1. The third-order valence-electron chi connectivity index (χ3n) is 7.47. The van der Waals surface area contributed by atoms with Gasteiger partial charge in [0.1, 0.15) is 12.1 Å². The number of rotatable bonds is 9. The molecular weight excluding hydrogens is 617 g/mol. The van der Waals surface area contributed by atoms with Crippen LogP contribution < -0.4 is 15.0 Å². The van der Waals surface area contributed by atoms with Gasteiger partial charge in [0, 0.05) is 18.0 Å². The zero-order chi connectivity index (χ0) is 33.0. The first kappa shape index (κ1) is 32.7. The topological polar surface area (TPSA) is 102 Å². The van der Waals surface area contributed by atoms with Crippen molar-refractivity contribution in [1.29, 1.82) is 0 Å². The Morgan fingerprint density at radius 1 is 1.09 bits per heavy atom. The number of halogens is 3. The fourth-order valence-corrected chi connectivity index (χ4v) is 5.94. The molecule has 1 atom stereocenters. The maximum absolute atomic E-state index is 12.9. The largest absolute Gasteiger partial charge is 0.573 e. The highest BCUT2D eigenvalue weighted by atomic mass is 32.2. The molecule has 13 heteroatoms. The van der Waals surface area contributed by atoms with Crippen LogP contribution in [0.4, 0.5) is 23.7 Å². The van der Waals surface area contributed by atoms with Crippen molar-refractivity contribution in [3.8, 4) is 22.8 Å². The summed E-state index contributed by atoms with van der Waals surface area (Å²) in [5, 5.41) is 7.72. The second kappa shape index (κ2) is 13.8. The summed E-state index contributed by atoms with van der Waals surface area (Å²) in [6, 6.07) is 18.5. The van der Waals surface area contributed by atoms with Crippen LogP contribution >= 0.6 is 11.8 Å². The number of urea groups is 1. The van der Waals surface area contributed by atoms with Gasteiger partial charge in [0.05, 0.1) is 17.1 Å². The molecule has 0 aliphatic carbocycles. The molecule has 1 saturated heterocycles. The summed E-state index contributed by atoms with van der Waals surface area (Å²) in [5.41, 5.74) is 5.08. The molecule has 3 amide bonds. The number of hydrogen-bond acceptors (Lipinski definition) is 6. The standard InChI is InChI=1S/C33H33F3N6O3S/c1-5-22(17-37-31(44)39-32-42(29(43)18-46-32)28-16-21(4)6-15-27(28)20(2)3)23-7-9-24(10-8-23)30-38-19-41(40-30)25-11-13-26(14-12-25)45-33(34,35)36/h6-16,19-20,22H,5,17-18H2,1-4H3,(H,37,44)/b39-32-. The normalized spacial score (nSPS) is 15.1. The second-order valence-corrected chi connectivity index (χ2v) is 12.0. The van der Waals surface area contributed by atoms with Gasteiger partial charge in [0.25, 0.3) is 0 Å². The van der Waals surface area contributed by atoms with E-state index in [-0.39, 0.29) is 29.2 Å². The molecule has 46 heavy (non-hydrogen) atoms. The van der Waals surface area contributed by atoms with Crippen LogP contribution in [0.2, 0.25) is 0 Å². The molecule has 1 aliphatic rings. The lowest BCUT2D eigenvalue weighted by molar-refractivity contribution is -0.274. The van der Waals surface area contributed by atoms with Crippen molar-refractivity contribution in [3.63, 3.8) is 0 Å². The quantitative estimate of drug-likeness (QED) is 0.200. The minimum atomic E-state index is -4.76. The summed E-state index contributed by atoms with van der Waals surface area (Å²) in [6.07, 6.45) is -2.52. The number of amidine groups is 1. The van der Waals surface area contributed by atoms with E-state index in [0.29, 0.717) is 23.2 Å². The molecular formula is C33H33F3N6O3S. The average molecular weight is 651 g/mol.